The zero-order valence-electron chi connectivity index (χ0n) is 12.8. The summed E-state index contributed by atoms with van der Waals surface area (Å²) in [5.41, 5.74) is 1.89. The zero-order chi connectivity index (χ0) is 14.5. The van der Waals surface area contributed by atoms with Gasteiger partial charge >= 0.3 is 0 Å². The predicted octanol–water partition coefficient (Wildman–Crippen LogP) is 1.82. The molecule has 2 rings (SSSR count). The van der Waals surface area contributed by atoms with Crippen LogP contribution in [0, 0.1) is 13.8 Å². The molecule has 0 aromatic carbocycles. The van der Waals surface area contributed by atoms with Gasteiger partial charge in [0, 0.05) is 24.5 Å². The second kappa shape index (κ2) is 8.56. The van der Waals surface area contributed by atoms with E-state index >= 15 is 0 Å². The minimum absolute atomic E-state index is 0. The highest BCUT2D eigenvalue weighted by Gasteiger charge is 2.21. The molecule has 0 radical (unpaired) electrons. The molecule has 1 aliphatic rings. The molecule has 1 fully saturated rings. The first kappa shape index (κ1) is 18.2. The van der Waals surface area contributed by atoms with Gasteiger partial charge in [0.05, 0.1) is 5.75 Å². The highest BCUT2D eigenvalue weighted by molar-refractivity contribution is 7.99. The first-order valence-corrected chi connectivity index (χ1v) is 7.96. The van der Waals surface area contributed by atoms with Crippen LogP contribution >= 0.6 is 24.2 Å². The third-order valence-electron chi connectivity index (χ3n) is 3.54. The molecule has 5 nitrogen and oxygen atoms in total. The van der Waals surface area contributed by atoms with Gasteiger partial charge in [0.1, 0.15) is 0 Å². The number of amides is 1. The Kier molecular flexibility index (Phi) is 7.42. The standard InChI is InChI=1S/C14H22N4OS.ClH/c1-10-8-11(2)17-14(16-10)20-9-13(19)18(3)12-4-6-15-7-5-12;/h8,12,15H,4-7,9H2,1-3H3;1H. The van der Waals surface area contributed by atoms with Crippen LogP contribution in [0.1, 0.15) is 24.2 Å². The zero-order valence-corrected chi connectivity index (χ0v) is 14.4. The fraction of sp³-hybridized carbons (Fsp3) is 0.643. The number of hydrogen-bond donors (Lipinski definition) is 1. The lowest BCUT2D eigenvalue weighted by Crippen LogP contribution is -2.44. The number of aryl methyl sites for hydroxylation is 2. The van der Waals surface area contributed by atoms with E-state index in [0.29, 0.717) is 17.0 Å². The van der Waals surface area contributed by atoms with Gasteiger partial charge in [-0.25, -0.2) is 9.97 Å². The van der Waals surface area contributed by atoms with E-state index < -0.39 is 0 Å². The van der Waals surface area contributed by atoms with Crippen molar-refractivity contribution in [3.05, 3.63) is 17.5 Å². The van der Waals surface area contributed by atoms with Gasteiger partial charge in [0.15, 0.2) is 5.16 Å². The van der Waals surface area contributed by atoms with E-state index in [2.05, 4.69) is 15.3 Å². The molecular weight excluding hydrogens is 308 g/mol. The lowest BCUT2D eigenvalue weighted by molar-refractivity contribution is -0.129. The van der Waals surface area contributed by atoms with Crippen molar-refractivity contribution in [2.24, 2.45) is 0 Å². The summed E-state index contributed by atoms with van der Waals surface area (Å²) in [5.74, 6) is 0.563. The van der Waals surface area contributed by atoms with Gasteiger partial charge in [0.25, 0.3) is 0 Å². The molecule has 118 valence electrons. The van der Waals surface area contributed by atoms with Crippen molar-refractivity contribution in [1.82, 2.24) is 20.2 Å². The SMILES string of the molecule is Cc1cc(C)nc(SCC(=O)N(C)C2CCNCC2)n1.Cl. The van der Waals surface area contributed by atoms with E-state index in [1.807, 2.05) is 31.9 Å². The number of carbonyl (C=O) groups is 1. The number of aromatic nitrogens is 2. The van der Waals surface area contributed by atoms with Crippen LogP contribution < -0.4 is 5.32 Å². The first-order valence-electron chi connectivity index (χ1n) is 6.97. The predicted molar refractivity (Wildman–Crippen MR) is 88.1 cm³/mol. The van der Waals surface area contributed by atoms with Gasteiger partial charge < -0.3 is 10.2 Å². The smallest absolute Gasteiger partial charge is 0.233 e. The fourth-order valence-electron chi connectivity index (χ4n) is 2.38. The highest BCUT2D eigenvalue weighted by atomic mass is 35.5. The van der Waals surface area contributed by atoms with Gasteiger partial charge in [-0.2, -0.15) is 0 Å². The first-order chi connectivity index (χ1) is 9.56. The van der Waals surface area contributed by atoms with E-state index in [0.717, 1.165) is 37.3 Å². The Labute approximate surface area is 136 Å². The molecule has 0 atom stereocenters. The minimum atomic E-state index is 0. The lowest BCUT2D eigenvalue weighted by atomic mass is 10.1. The molecule has 0 bridgehead atoms. The molecular formula is C14H23ClN4OS. The summed E-state index contributed by atoms with van der Waals surface area (Å²) in [6.45, 7) is 5.88. The van der Waals surface area contributed by atoms with E-state index in [9.17, 15) is 4.79 Å². The van der Waals surface area contributed by atoms with Crippen LogP contribution in [0.15, 0.2) is 11.2 Å². The van der Waals surface area contributed by atoms with Crippen LogP contribution in [0.3, 0.4) is 0 Å². The summed E-state index contributed by atoms with van der Waals surface area (Å²) in [6.07, 6.45) is 2.07. The Morgan fingerprint density at radius 1 is 1.33 bits per heavy atom. The van der Waals surface area contributed by atoms with Crippen LogP contribution in [0.2, 0.25) is 0 Å². The maximum atomic E-state index is 12.2. The molecule has 0 aliphatic carbocycles. The van der Waals surface area contributed by atoms with Crippen LogP contribution in [-0.2, 0) is 4.79 Å². The molecule has 0 saturated carbocycles. The molecule has 2 heterocycles. The quantitative estimate of drug-likeness (QED) is 0.674. The van der Waals surface area contributed by atoms with Gasteiger partial charge in [-0.15, -0.1) is 12.4 Å². The number of piperidine rings is 1. The third-order valence-corrected chi connectivity index (χ3v) is 4.37. The van der Waals surface area contributed by atoms with Crippen molar-refractivity contribution < 1.29 is 4.79 Å². The van der Waals surface area contributed by atoms with Crippen molar-refractivity contribution >= 4 is 30.1 Å². The number of nitrogens with zero attached hydrogens (tertiary/aromatic N) is 3. The van der Waals surface area contributed by atoms with Crippen LogP contribution in [0.25, 0.3) is 0 Å². The van der Waals surface area contributed by atoms with Gasteiger partial charge in [-0.1, -0.05) is 11.8 Å². The Hall–Kier alpha value is -0.850. The topological polar surface area (TPSA) is 58.1 Å². The molecule has 1 amide bonds. The van der Waals surface area contributed by atoms with Crippen molar-refractivity contribution in [1.29, 1.82) is 0 Å². The summed E-state index contributed by atoms with van der Waals surface area (Å²) in [6, 6.07) is 2.30. The van der Waals surface area contributed by atoms with Crippen molar-refractivity contribution in [3.63, 3.8) is 0 Å². The van der Waals surface area contributed by atoms with Crippen molar-refractivity contribution in [3.8, 4) is 0 Å². The minimum Gasteiger partial charge on any atom is -0.342 e. The third kappa shape index (κ3) is 5.45. The second-order valence-corrected chi connectivity index (χ2v) is 6.15. The average molecular weight is 331 g/mol. The van der Waals surface area contributed by atoms with E-state index in [-0.39, 0.29) is 18.3 Å². The number of halogens is 1. The van der Waals surface area contributed by atoms with E-state index in [4.69, 9.17) is 0 Å². The van der Waals surface area contributed by atoms with Gasteiger partial charge in [-0.05, 0) is 45.8 Å². The van der Waals surface area contributed by atoms with Crippen LogP contribution in [0.4, 0.5) is 0 Å². The molecule has 7 heteroatoms. The van der Waals surface area contributed by atoms with E-state index in [1.165, 1.54) is 11.8 Å². The average Bonchev–Trinajstić information content (AvgIpc) is 2.44. The van der Waals surface area contributed by atoms with Crippen molar-refractivity contribution in [2.45, 2.75) is 37.9 Å². The second-order valence-electron chi connectivity index (χ2n) is 5.21. The Bertz CT molecular complexity index is 460. The van der Waals surface area contributed by atoms with Gasteiger partial charge in [-0.3, -0.25) is 4.79 Å². The largest absolute Gasteiger partial charge is 0.342 e. The van der Waals surface area contributed by atoms with Crippen LogP contribution in [-0.4, -0.2) is 52.7 Å². The fourth-order valence-corrected chi connectivity index (χ4v) is 3.26. The summed E-state index contributed by atoms with van der Waals surface area (Å²) >= 11 is 1.42. The molecule has 1 aromatic heterocycles. The number of nitrogens with one attached hydrogen (secondary N) is 1. The summed E-state index contributed by atoms with van der Waals surface area (Å²) in [5, 5.41) is 4.01. The summed E-state index contributed by atoms with van der Waals surface area (Å²) < 4.78 is 0. The van der Waals surface area contributed by atoms with E-state index in [1.54, 1.807) is 0 Å². The van der Waals surface area contributed by atoms with Crippen molar-refractivity contribution in [2.75, 3.05) is 25.9 Å². The number of rotatable bonds is 4. The Balaban J connectivity index is 0.00000220. The molecule has 1 aliphatic heterocycles. The summed E-state index contributed by atoms with van der Waals surface area (Å²) in [7, 11) is 1.90. The number of thioether (sulfide) groups is 1. The Morgan fingerprint density at radius 3 is 2.48 bits per heavy atom. The molecule has 1 N–H and O–H groups in total. The summed E-state index contributed by atoms with van der Waals surface area (Å²) in [4.78, 5) is 22.8. The van der Waals surface area contributed by atoms with Crippen LogP contribution in [0.5, 0.6) is 0 Å². The lowest BCUT2D eigenvalue weighted by Gasteiger charge is -2.31. The molecule has 21 heavy (non-hydrogen) atoms. The monoisotopic (exact) mass is 330 g/mol. The molecule has 0 spiro atoms. The highest BCUT2D eigenvalue weighted by Crippen LogP contribution is 2.17. The maximum Gasteiger partial charge on any atom is 0.233 e. The van der Waals surface area contributed by atoms with Gasteiger partial charge in [0.2, 0.25) is 5.91 Å². The molecule has 1 saturated heterocycles. The maximum absolute atomic E-state index is 12.2. The molecule has 0 unspecified atom stereocenters. The molecule has 1 aromatic rings. The normalized spacial score (nSPS) is 15.4. The number of carbonyl (C=O) groups excluding carboxylic acids is 1. The Morgan fingerprint density at radius 2 is 1.90 bits per heavy atom. The number of hydrogen-bond acceptors (Lipinski definition) is 5.